The molecule has 2 heteroatoms. The highest BCUT2D eigenvalue weighted by molar-refractivity contribution is 7.99. The van der Waals surface area contributed by atoms with Crippen molar-refractivity contribution in [1.82, 2.24) is 4.57 Å². The zero-order valence-corrected chi connectivity index (χ0v) is 22.9. The molecule has 42 heavy (non-hydrogen) atoms. The lowest BCUT2D eigenvalue weighted by Crippen LogP contribution is -1.96. The number of nitrogens with zero attached hydrogens (tertiary/aromatic N) is 1. The minimum atomic E-state index is -0.438. The van der Waals surface area contributed by atoms with Crippen molar-refractivity contribution >= 4 is 44.3 Å². The molecule has 0 N–H and O–H groups in total. The summed E-state index contributed by atoms with van der Waals surface area (Å²) in [5, 5.41) is 3.61. The molecule has 1 nitrogen and oxygen atoms in total. The predicted molar refractivity (Wildman–Crippen MR) is 179 cm³/mol. The summed E-state index contributed by atoms with van der Waals surface area (Å²) in [6.45, 7) is 0. The Morgan fingerprint density at radius 3 is 2.02 bits per heavy atom. The minimum absolute atomic E-state index is 0.0134. The Morgan fingerprint density at radius 1 is 0.500 bits per heavy atom. The summed E-state index contributed by atoms with van der Waals surface area (Å²) >= 11 is 1.56. The molecule has 0 aliphatic carbocycles. The number of para-hydroxylation sites is 2. The molecule has 1 aliphatic heterocycles. The fourth-order valence-corrected chi connectivity index (χ4v) is 7.25. The largest absolute Gasteiger partial charge is 0.309 e. The lowest BCUT2D eigenvalue weighted by molar-refractivity contribution is 1.18. The molecular weight excluding hydrogens is 527 g/mol. The molecule has 0 spiro atoms. The van der Waals surface area contributed by atoms with Gasteiger partial charge in [0.25, 0.3) is 0 Å². The van der Waals surface area contributed by atoms with E-state index in [-0.39, 0.29) is 65.2 Å². The van der Waals surface area contributed by atoms with Gasteiger partial charge in [-0.15, -0.1) is 0 Å². The summed E-state index contributed by atoms with van der Waals surface area (Å²) in [5.41, 5.74) is 5.08. The number of hydrogen-bond acceptors (Lipinski definition) is 1. The monoisotopic (exact) mass is 560 g/mol. The first-order valence-electron chi connectivity index (χ1n) is 18.1. The number of aromatic nitrogens is 1. The van der Waals surface area contributed by atoms with Crippen molar-refractivity contribution in [3.8, 4) is 39.1 Å². The third kappa shape index (κ3) is 3.52. The molecule has 2 heterocycles. The van der Waals surface area contributed by atoms with Gasteiger partial charge >= 0.3 is 0 Å². The van der Waals surface area contributed by atoms with Gasteiger partial charge in [-0.3, -0.25) is 0 Å². The van der Waals surface area contributed by atoms with Gasteiger partial charge in [-0.05, 0) is 81.2 Å². The van der Waals surface area contributed by atoms with E-state index in [0.717, 1.165) is 53.5 Å². The molecular formula is C40H25NS. The normalized spacial score (nSPS) is 15.2. The second-order valence-corrected chi connectivity index (χ2v) is 11.3. The van der Waals surface area contributed by atoms with E-state index in [1.165, 1.54) is 0 Å². The average Bonchev–Trinajstić information content (AvgIpc) is 3.47. The highest BCUT2D eigenvalue weighted by Crippen LogP contribution is 2.50. The molecule has 1 aliphatic rings. The molecule has 0 saturated carbocycles. The van der Waals surface area contributed by atoms with Crippen LogP contribution < -0.4 is 0 Å². The molecule has 196 valence electrons. The summed E-state index contributed by atoms with van der Waals surface area (Å²) in [5.74, 6) is 0. The van der Waals surface area contributed by atoms with Crippen LogP contribution in [-0.2, 0) is 0 Å². The van der Waals surface area contributed by atoms with Crippen LogP contribution in [-0.4, -0.2) is 4.57 Å². The maximum Gasteiger partial charge on any atom is 0.0651 e. The molecule has 0 bridgehead atoms. The van der Waals surface area contributed by atoms with E-state index in [9.17, 15) is 1.37 Å². The second-order valence-electron chi connectivity index (χ2n) is 10.2. The van der Waals surface area contributed by atoms with Gasteiger partial charge in [0.15, 0.2) is 0 Å². The van der Waals surface area contributed by atoms with Crippen molar-refractivity contribution in [2.24, 2.45) is 0 Å². The molecule has 7 aromatic carbocycles. The van der Waals surface area contributed by atoms with Crippen LogP contribution in [0.5, 0.6) is 0 Å². The van der Waals surface area contributed by atoms with Crippen molar-refractivity contribution in [2.45, 2.75) is 9.79 Å². The Labute approximate surface area is 261 Å². The number of fused-ring (bicyclic) bond motifs is 5. The van der Waals surface area contributed by atoms with Crippen LogP contribution in [0, 0.1) is 0 Å². The average molecular weight is 561 g/mol. The van der Waals surface area contributed by atoms with E-state index < -0.39 is 6.04 Å². The van der Waals surface area contributed by atoms with Crippen molar-refractivity contribution < 1.29 is 12.3 Å². The fourth-order valence-electron chi connectivity index (χ4n) is 6.14. The van der Waals surface area contributed by atoms with Crippen LogP contribution in [0.4, 0.5) is 0 Å². The lowest BCUT2D eigenvalue weighted by Gasteiger charge is -2.22. The molecule has 0 atom stereocenters. The molecule has 1 aromatic heterocycles. The van der Waals surface area contributed by atoms with Gasteiger partial charge in [-0.1, -0.05) is 121 Å². The topological polar surface area (TPSA) is 4.93 Å². The first-order valence-corrected chi connectivity index (χ1v) is 14.4. The van der Waals surface area contributed by atoms with Crippen molar-refractivity contribution in [3.05, 3.63) is 151 Å². The second kappa shape index (κ2) is 9.24. The maximum atomic E-state index is 9.63. The van der Waals surface area contributed by atoms with Crippen molar-refractivity contribution in [1.29, 1.82) is 0 Å². The van der Waals surface area contributed by atoms with Gasteiger partial charge in [0.1, 0.15) is 0 Å². The van der Waals surface area contributed by atoms with E-state index in [2.05, 4.69) is 0 Å². The van der Waals surface area contributed by atoms with Crippen LogP contribution >= 0.6 is 11.8 Å². The van der Waals surface area contributed by atoms with Gasteiger partial charge in [0, 0.05) is 31.6 Å². The Bertz CT molecular complexity index is 2760. The van der Waals surface area contributed by atoms with Gasteiger partial charge in [-0.25, -0.2) is 0 Å². The molecule has 9 rings (SSSR count). The predicted octanol–water partition coefficient (Wildman–Crippen LogP) is 11.4. The first kappa shape index (κ1) is 16.4. The van der Waals surface area contributed by atoms with Crippen molar-refractivity contribution in [3.63, 3.8) is 0 Å². The molecule has 0 saturated heterocycles. The summed E-state index contributed by atoms with van der Waals surface area (Å²) in [6, 6.07) is 28.5. The standard InChI is InChI=1S/C40H25NS/c1-2-10-26(11-3-1)27-20-22-38-35(25-27)34-17-9-16-33-30(21-23-39(42-38)40(33)34)28-12-8-13-29(24-28)41-36-18-6-4-14-31(36)32-15-5-7-19-37(32)41/h1-25H/i1D,2D,3D,8D,10D,11D,12D,13D,24D. The van der Waals surface area contributed by atoms with E-state index >= 15 is 0 Å². The van der Waals surface area contributed by atoms with Crippen LogP contribution in [0.25, 0.3) is 71.6 Å². The smallest absolute Gasteiger partial charge is 0.0651 e. The molecule has 0 fully saturated rings. The Morgan fingerprint density at radius 2 is 1.21 bits per heavy atom. The van der Waals surface area contributed by atoms with Gasteiger partial charge in [-0.2, -0.15) is 0 Å². The van der Waals surface area contributed by atoms with Gasteiger partial charge < -0.3 is 4.57 Å². The van der Waals surface area contributed by atoms with Crippen molar-refractivity contribution in [2.75, 3.05) is 0 Å². The zero-order chi connectivity index (χ0) is 35.5. The third-order valence-electron chi connectivity index (χ3n) is 7.97. The summed E-state index contributed by atoms with van der Waals surface area (Å²) in [6.07, 6.45) is 0. The van der Waals surface area contributed by atoms with Crippen LogP contribution in [0.3, 0.4) is 0 Å². The highest BCUT2D eigenvalue weighted by Gasteiger charge is 2.21. The van der Waals surface area contributed by atoms with Crippen LogP contribution in [0.2, 0.25) is 0 Å². The minimum Gasteiger partial charge on any atom is -0.309 e. The Balaban J connectivity index is 1.29. The van der Waals surface area contributed by atoms with Crippen LogP contribution in [0.15, 0.2) is 161 Å². The summed E-state index contributed by atoms with van der Waals surface area (Å²) in [4.78, 5) is 1.91. The quantitative estimate of drug-likeness (QED) is 0.208. The molecule has 0 unspecified atom stereocenters. The fraction of sp³-hybridized carbons (Fsp3) is 0. The molecule has 0 radical (unpaired) electrons. The molecule has 0 amide bonds. The SMILES string of the molecule is [2H]c1c([2H])c([2H])c(-c2ccc3c(c2)-c2cccc4c(-c5c([2H])c([2H])c([2H])c(-n6c7ccccc7c7ccccc76)c5[2H])ccc(c24)S3)c([2H])c1[2H]. The number of hydrogen-bond donors (Lipinski definition) is 0. The lowest BCUT2D eigenvalue weighted by atomic mass is 9.91. The van der Waals surface area contributed by atoms with E-state index in [4.69, 9.17) is 11.0 Å². The first-order chi connectivity index (χ1) is 24.6. The number of rotatable bonds is 3. The van der Waals surface area contributed by atoms with E-state index in [1.807, 2.05) is 95.6 Å². The van der Waals surface area contributed by atoms with Gasteiger partial charge in [0.05, 0.1) is 23.4 Å². The summed E-state index contributed by atoms with van der Waals surface area (Å²) in [7, 11) is 0. The maximum absolute atomic E-state index is 9.63. The summed E-state index contributed by atoms with van der Waals surface area (Å²) < 4.78 is 80.2. The zero-order valence-electron chi connectivity index (χ0n) is 31.1. The van der Waals surface area contributed by atoms with Crippen LogP contribution in [0.1, 0.15) is 12.3 Å². The third-order valence-corrected chi connectivity index (χ3v) is 9.10. The van der Waals surface area contributed by atoms with E-state index in [0.29, 0.717) is 11.1 Å². The molecule has 8 aromatic rings. The Kier molecular flexibility index (Phi) is 3.61. The number of benzene rings is 7. The highest BCUT2D eigenvalue weighted by atomic mass is 32.2. The van der Waals surface area contributed by atoms with E-state index in [1.54, 1.807) is 17.8 Å². The Hall–Kier alpha value is -5.05. The van der Waals surface area contributed by atoms with Gasteiger partial charge in [0.2, 0.25) is 0 Å².